The summed E-state index contributed by atoms with van der Waals surface area (Å²) in [7, 11) is 3.15. The van der Waals surface area contributed by atoms with Crippen LogP contribution in [-0.2, 0) is 4.79 Å². The molecule has 8 heteroatoms. The Morgan fingerprint density at radius 2 is 1.76 bits per heavy atom. The minimum Gasteiger partial charge on any atom is -0.493 e. The van der Waals surface area contributed by atoms with Crippen LogP contribution in [0.3, 0.4) is 0 Å². The van der Waals surface area contributed by atoms with Gasteiger partial charge in [-0.15, -0.1) is 10.2 Å². The van der Waals surface area contributed by atoms with Gasteiger partial charge in [-0.05, 0) is 41.8 Å². The van der Waals surface area contributed by atoms with Crippen molar-refractivity contribution >= 4 is 22.4 Å². The molecule has 3 aromatic rings. The van der Waals surface area contributed by atoms with Gasteiger partial charge in [-0.1, -0.05) is 37.3 Å². The van der Waals surface area contributed by atoms with Crippen molar-refractivity contribution in [2.45, 2.75) is 19.8 Å². The second kappa shape index (κ2) is 9.38. The maximum absolute atomic E-state index is 12.2. The van der Waals surface area contributed by atoms with Gasteiger partial charge in [0.05, 0.1) is 14.2 Å². The van der Waals surface area contributed by atoms with Crippen molar-refractivity contribution in [3.63, 3.8) is 0 Å². The van der Waals surface area contributed by atoms with Crippen LogP contribution in [0.15, 0.2) is 42.5 Å². The van der Waals surface area contributed by atoms with Gasteiger partial charge >= 0.3 is 0 Å². The number of carbonyl (C=O) groups is 1. The van der Waals surface area contributed by atoms with E-state index in [4.69, 9.17) is 14.2 Å². The fourth-order valence-corrected chi connectivity index (χ4v) is 3.37. The summed E-state index contributed by atoms with van der Waals surface area (Å²) in [6, 6.07) is 13.2. The van der Waals surface area contributed by atoms with E-state index >= 15 is 0 Å². The number of ether oxygens (including phenoxy) is 3. The topological polar surface area (TPSA) is 82.6 Å². The zero-order chi connectivity index (χ0) is 20.8. The van der Waals surface area contributed by atoms with E-state index in [-0.39, 0.29) is 12.5 Å². The van der Waals surface area contributed by atoms with Gasteiger partial charge in [0.1, 0.15) is 10.8 Å². The zero-order valence-corrected chi connectivity index (χ0v) is 17.6. The molecule has 1 N–H and O–H groups in total. The third kappa shape index (κ3) is 5.23. The lowest BCUT2D eigenvalue weighted by Gasteiger charge is -2.08. The first-order valence-corrected chi connectivity index (χ1v) is 9.90. The van der Waals surface area contributed by atoms with Gasteiger partial charge in [0.25, 0.3) is 5.91 Å². The van der Waals surface area contributed by atoms with Crippen molar-refractivity contribution in [1.82, 2.24) is 10.2 Å². The third-order valence-electron chi connectivity index (χ3n) is 4.22. The third-order valence-corrected chi connectivity index (χ3v) is 5.11. The van der Waals surface area contributed by atoms with E-state index in [2.05, 4.69) is 29.4 Å². The molecule has 2 aromatic carbocycles. The molecule has 0 spiro atoms. The van der Waals surface area contributed by atoms with Crippen molar-refractivity contribution in [3.8, 4) is 27.8 Å². The molecule has 1 amide bonds. The SMILES string of the molecule is COc1ccc(-c2nnc(NC(=O)COc3ccc(C(C)C)cc3)s2)cc1OC. The number of nitrogens with zero attached hydrogens (tertiary/aromatic N) is 2. The minimum atomic E-state index is -0.298. The highest BCUT2D eigenvalue weighted by Gasteiger charge is 2.13. The van der Waals surface area contributed by atoms with Gasteiger partial charge in [0.2, 0.25) is 5.13 Å². The van der Waals surface area contributed by atoms with Crippen LogP contribution in [-0.4, -0.2) is 36.9 Å². The van der Waals surface area contributed by atoms with Crippen LogP contribution in [0.4, 0.5) is 5.13 Å². The first kappa shape index (κ1) is 20.6. The number of methoxy groups -OCH3 is 2. The molecule has 1 aromatic heterocycles. The summed E-state index contributed by atoms with van der Waals surface area (Å²) < 4.78 is 16.1. The van der Waals surface area contributed by atoms with E-state index in [0.717, 1.165) is 5.56 Å². The lowest BCUT2D eigenvalue weighted by Crippen LogP contribution is -2.20. The van der Waals surface area contributed by atoms with E-state index in [1.165, 1.54) is 16.9 Å². The molecule has 0 saturated carbocycles. The van der Waals surface area contributed by atoms with Gasteiger partial charge in [0, 0.05) is 5.56 Å². The number of amides is 1. The number of carbonyl (C=O) groups excluding carboxylic acids is 1. The molecule has 0 bridgehead atoms. The number of aromatic nitrogens is 2. The van der Waals surface area contributed by atoms with Crippen molar-refractivity contribution in [2.75, 3.05) is 26.1 Å². The maximum atomic E-state index is 12.2. The normalized spacial score (nSPS) is 10.7. The van der Waals surface area contributed by atoms with E-state index in [1.54, 1.807) is 20.3 Å². The highest BCUT2D eigenvalue weighted by molar-refractivity contribution is 7.18. The number of anilines is 1. The molecule has 152 valence electrons. The molecule has 3 rings (SSSR count). The van der Waals surface area contributed by atoms with Gasteiger partial charge < -0.3 is 14.2 Å². The average molecular weight is 413 g/mol. The lowest BCUT2D eigenvalue weighted by atomic mass is 10.0. The van der Waals surface area contributed by atoms with Crippen molar-refractivity contribution in [2.24, 2.45) is 0 Å². The molecular weight excluding hydrogens is 390 g/mol. The summed E-state index contributed by atoms with van der Waals surface area (Å²) in [4.78, 5) is 12.2. The Morgan fingerprint density at radius 3 is 2.41 bits per heavy atom. The van der Waals surface area contributed by atoms with Crippen molar-refractivity contribution in [1.29, 1.82) is 0 Å². The monoisotopic (exact) mass is 413 g/mol. The number of rotatable bonds is 8. The van der Waals surface area contributed by atoms with E-state index in [9.17, 15) is 4.79 Å². The molecule has 7 nitrogen and oxygen atoms in total. The molecule has 0 aliphatic rings. The molecule has 0 atom stereocenters. The fourth-order valence-electron chi connectivity index (χ4n) is 2.61. The largest absolute Gasteiger partial charge is 0.493 e. The summed E-state index contributed by atoms with van der Waals surface area (Å²) in [5.41, 5.74) is 2.04. The molecular formula is C21H23N3O4S. The standard InChI is InChI=1S/C21H23N3O4S/c1-13(2)14-5-8-16(9-6-14)28-12-19(25)22-21-24-23-20(29-21)15-7-10-17(26-3)18(11-15)27-4/h5-11,13H,12H2,1-4H3,(H,22,24,25). The zero-order valence-electron chi connectivity index (χ0n) is 16.8. The highest BCUT2D eigenvalue weighted by atomic mass is 32.1. The minimum absolute atomic E-state index is 0.105. The molecule has 0 saturated heterocycles. The van der Waals surface area contributed by atoms with Crippen LogP contribution in [0.1, 0.15) is 25.3 Å². The molecule has 0 fully saturated rings. The van der Waals surface area contributed by atoms with Crippen molar-refractivity contribution in [3.05, 3.63) is 48.0 Å². The van der Waals surface area contributed by atoms with Gasteiger partial charge in [-0.25, -0.2) is 0 Å². The lowest BCUT2D eigenvalue weighted by molar-refractivity contribution is -0.118. The first-order valence-electron chi connectivity index (χ1n) is 9.08. The van der Waals surface area contributed by atoms with Gasteiger partial charge in [-0.3, -0.25) is 10.1 Å². The average Bonchev–Trinajstić information content (AvgIpc) is 3.20. The predicted octanol–water partition coefficient (Wildman–Crippen LogP) is 4.36. The summed E-state index contributed by atoms with van der Waals surface area (Å²) in [5, 5.41) is 11.9. The Bertz CT molecular complexity index is 970. The van der Waals surface area contributed by atoms with Crippen LogP contribution in [0.2, 0.25) is 0 Å². The first-order chi connectivity index (χ1) is 14.0. The molecule has 0 radical (unpaired) electrons. The molecule has 0 aliphatic carbocycles. The summed E-state index contributed by atoms with van der Waals surface area (Å²) in [6.07, 6.45) is 0. The second-order valence-electron chi connectivity index (χ2n) is 6.54. The van der Waals surface area contributed by atoms with Crippen molar-refractivity contribution < 1.29 is 19.0 Å². The highest BCUT2D eigenvalue weighted by Crippen LogP contribution is 2.34. The Hall–Kier alpha value is -3.13. The maximum Gasteiger partial charge on any atom is 0.264 e. The Kier molecular flexibility index (Phi) is 6.66. The number of hydrogen-bond donors (Lipinski definition) is 1. The predicted molar refractivity (Wildman–Crippen MR) is 113 cm³/mol. The smallest absolute Gasteiger partial charge is 0.264 e. The van der Waals surface area contributed by atoms with Gasteiger partial charge in [-0.2, -0.15) is 0 Å². The summed E-state index contributed by atoms with van der Waals surface area (Å²) in [5.74, 6) is 2.03. The molecule has 1 heterocycles. The van der Waals surface area contributed by atoms with Crippen LogP contribution in [0, 0.1) is 0 Å². The molecule has 29 heavy (non-hydrogen) atoms. The van der Waals surface area contributed by atoms with Crippen LogP contribution < -0.4 is 19.5 Å². The molecule has 0 aliphatic heterocycles. The van der Waals surface area contributed by atoms with Crippen LogP contribution >= 0.6 is 11.3 Å². The number of hydrogen-bond acceptors (Lipinski definition) is 7. The summed E-state index contributed by atoms with van der Waals surface area (Å²) in [6.45, 7) is 4.15. The van der Waals surface area contributed by atoms with Crippen LogP contribution in [0.5, 0.6) is 17.2 Å². The van der Waals surface area contributed by atoms with E-state index < -0.39 is 0 Å². The van der Waals surface area contributed by atoms with Gasteiger partial charge in [0.15, 0.2) is 18.1 Å². The Labute approximate surface area is 173 Å². The summed E-state index contributed by atoms with van der Waals surface area (Å²) >= 11 is 1.27. The van der Waals surface area contributed by atoms with E-state index in [1.807, 2.05) is 36.4 Å². The Morgan fingerprint density at radius 1 is 1.03 bits per heavy atom. The van der Waals surface area contributed by atoms with E-state index in [0.29, 0.717) is 33.3 Å². The quantitative estimate of drug-likeness (QED) is 0.591. The fraction of sp³-hybridized carbons (Fsp3) is 0.286. The second-order valence-corrected chi connectivity index (χ2v) is 7.52. The Balaban J connectivity index is 1.59. The number of nitrogens with one attached hydrogen (secondary N) is 1. The number of benzene rings is 2. The van der Waals surface area contributed by atoms with Crippen LogP contribution in [0.25, 0.3) is 10.6 Å². The molecule has 0 unspecified atom stereocenters.